The molecular weight excluding hydrogens is 882 g/mol. The van der Waals surface area contributed by atoms with Gasteiger partial charge in [-0.2, -0.15) is 0 Å². The molecule has 18 atom stereocenters. The van der Waals surface area contributed by atoms with Crippen LogP contribution in [0.5, 0.6) is 5.75 Å². The number of rotatable bonds is 14. The Labute approximate surface area is 392 Å². The van der Waals surface area contributed by atoms with E-state index < -0.39 is 128 Å². The SMILES string of the molecule is CCCNC[C@]1(O)[C@H](C)O[C@@H](O[C@H]2[C@H](C)[C@@H](O[C@@H]3O[C@H](C)C[C@H](NC)[C@H]3Oc3ccc(F)c(S(C)(=O)=O)c3)[C@](C)(O)C[C@@H](C)CN[C@H](C)[C@@H](O)[C@](C)(O)[C@@H](CC)OC(=O)[C@@H]2C)C[C@@]1(C)OC. The third kappa shape index (κ3) is 12.8. The second kappa shape index (κ2) is 22.8. The van der Waals surface area contributed by atoms with Crippen LogP contribution in [0.3, 0.4) is 0 Å². The van der Waals surface area contributed by atoms with Gasteiger partial charge in [0.15, 0.2) is 28.5 Å². The topological polar surface area (TPSA) is 233 Å². The number of likely N-dealkylation sites (N-methyl/N-ethyl adjacent to an activating group) is 1. The van der Waals surface area contributed by atoms with Gasteiger partial charge in [0.25, 0.3) is 0 Å². The Morgan fingerprint density at radius 3 is 2.24 bits per heavy atom. The van der Waals surface area contributed by atoms with Gasteiger partial charge in [0.05, 0.1) is 42.0 Å². The van der Waals surface area contributed by atoms with Gasteiger partial charge in [0.2, 0.25) is 0 Å². The Hall–Kier alpha value is -2.11. The molecule has 3 fully saturated rings. The van der Waals surface area contributed by atoms with Gasteiger partial charge in [-0.25, -0.2) is 12.8 Å². The van der Waals surface area contributed by atoms with Gasteiger partial charge in [0.1, 0.15) is 45.5 Å². The number of hydrogen-bond donors (Lipinski definition) is 7. The minimum atomic E-state index is -3.97. The maximum absolute atomic E-state index is 14.8. The molecule has 19 heteroatoms. The van der Waals surface area contributed by atoms with E-state index in [9.17, 15) is 38.0 Å². The van der Waals surface area contributed by atoms with Gasteiger partial charge in [-0.15, -0.1) is 0 Å². The molecule has 0 aromatic heterocycles. The molecule has 1 aromatic carbocycles. The molecule has 3 aliphatic heterocycles. The van der Waals surface area contributed by atoms with E-state index in [0.29, 0.717) is 19.5 Å². The predicted molar refractivity (Wildman–Crippen MR) is 245 cm³/mol. The molecule has 3 heterocycles. The zero-order valence-corrected chi connectivity index (χ0v) is 42.4. The van der Waals surface area contributed by atoms with Gasteiger partial charge in [-0.1, -0.05) is 27.7 Å². The molecule has 0 saturated carbocycles. The maximum atomic E-state index is 14.8. The maximum Gasteiger partial charge on any atom is 0.311 e. The first-order valence-corrected chi connectivity index (χ1v) is 25.5. The van der Waals surface area contributed by atoms with Crippen molar-refractivity contribution in [3.8, 4) is 5.75 Å². The summed E-state index contributed by atoms with van der Waals surface area (Å²) in [5.41, 5.74) is -6.28. The Balaban J connectivity index is 1.87. The standard InChI is InChI=1S/C47H82FN3O14S/c1-15-19-50-25-47(56)31(8)61-37(23-45(47,10)59-13)64-38-28(5)41(44(9,54)22-26(3)24-51-30(7)40(52)46(11,55)36(16-2)63-42(53)29(38)6)65-43-39(34(49-12)20-27(4)60-43)62-32-17-18-33(48)35(21-32)66(14,57)58/h17-18,21,26-31,34,36-41,43,49-52,54-56H,15-16,19-20,22-25H2,1-14H3/t26-,27-,28+,29-,30-,31+,34+,36-,37+,38+,39-,40-,41-,43+,44-,45-,46-,47+/m1/s1. The molecule has 0 spiro atoms. The summed E-state index contributed by atoms with van der Waals surface area (Å²) in [7, 11) is -0.734. The normalized spacial score (nSPS) is 42.5. The average Bonchev–Trinajstić information content (AvgIpc) is 3.24. The van der Waals surface area contributed by atoms with Crippen LogP contribution in [0, 0.1) is 23.6 Å². The summed E-state index contributed by atoms with van der Waals surface area (Å²) in [5.74, 6) is -3.94. The Morgan fingerprint density at radius 2 is 1.65 bits per heavy atom. The van der Waals surface area contributed by atoms with E-state index >= 15 is 0 Å². The first-order chi connectivity index (χ1) is 30.6. The predicted octanol–water partition coefficient (Wildman–Crippen LogP) is 3.22. The highest BCUT2D eigenvalue weighted by Crippen LogP contribution is 2.43. The quantitative estimate of drug-likeness (QED) is 0.105. The molecule has 0 radical (unpaired) electrons. The molecule has 3 aliphatic rings. The second-order valence-corrected chi connectivity index (χ2v) is 22.0. The Kier molecular flexibility index (Phi) is 19.5. The summed E-state index contributed by atoms with van der Waals surface area (Å²) in [4.78, 5) is 14.0. The number of sulfone groups is 1. The van der Waals surface area contributed by atoms with Crippen LogP contribution in [0.25, 0.3) is 0 Å². The fourth-order valence-corrected chi connectivity index (χ4v) is 10.9. The van der Waals surface area contributed by atoms with Crippen LogP contribution >= 0.6 is 0 Å². The number of esters is 1. The van der Waals surface area contributed by atoms with Gasteiger partial charge in [-0.05, 0) is 112 Å². The smallest absolute Gasteiger partial charge is 0.311 e. The Morgan fingerprint density at radius 1 is 0.985 bits per heavy atom. The van der Waals surface area contributed by atoms with E-state index in [1.807, 2.05) is 20.8 Å². The number of aliphatic hydroxyl groups excluding tert-OH is 1. The van der Waals surface area contributed by atoms with E-state index in [4.69, 9.17) is 33.2 Å². The van der Waals surface area contributed by atoms with Crippen LogP contribution in [0.4, 0.5) is 4.39 Å². The second-order valence-electron chi connectivity index (χ2n) is 20.0. The third-order valence-electron chi connectivity index (χ3n) is 14.3. The minimum absolute atomic E-state index is 0.0281. The average molecular weight is 964 g/mol. The van der Waals surface area contributed by atoms with Crippen molar-refractivity contribution in [2.75, 3.05) is 40.0 Å². The molecule has 0 unspecified atom stereocenters. The largest absolute Gasteiger partial charge is 0.483 e. The molecule has 7 N–H and O–H groups in total. The fraction of sp³-hybridized carbons (Fsp3) is 0.851. The summed E-state index contributed by atoms with van der Waals surface area (Å²) >= 11 is 0. The highest BCUT2D eigenvalue weighted by Gasteiger charge is 2.58. The zero-order valence-electron chi connectivity index (χ0n) is 41.6. The number of carbonyl (C=O) groups is 1. The summed E-state index contributed by atoms with van der Waals surface area (Å²) in [5, 5.41) is 58.1. The third-order valence-corrected chi connectivity index (χ3v) is 15.4. The lowest BCUT2D eigenvalue weighted by molar-refractivity contribution is -0.335. The molecule has 66 heavy (non-hydrogen) atoms. The van der Waals surface area contributed by atoms with Crippen molar-refractivity contribution in [3.05, 3.63) is 24.0 Å². The van der Waals surface area contributed by atoms with E-state index in [-0.39, 0.29) is 37.5 Å². The van der Waals surface area contributed by atoms with E-state index in [1.165, 1.54) is 20.1 Å². The van der Waals surface area contributed by atoms with Crippen molar-refractivity contribution >= 4 is 15.8 Å². The minimum Gasteiger partial charge on any atom is -0.483 e. The number of ether oxygens (including phenoxy) is 7. The number of hydrogen-bond acceptors (Lipinski definition) is 17. The van der Waals surface area contributed by atoms with Crippen molar-refractivity contribution in [1.29, 1.82) is 0 Å². The Bertz CT molecular complexity index is 1850. The van der Waals surface area contributed by atoms with Crippen molar-refractivity contribution in [3.63, 3.8) is 0 Å². The molecular formula is C47H82FN3O14S. The highest BCUT2D eigenvalue weighted by atomic mass is 32.2. The summed E-state index contributed by atoms with van der Waals surface area (Å²) in [6.07, 6.45) is -6.90. The van der Waals surface area contributed by atoms with Gasteiger partial charge in [0, 0.05) is 44.4 Å². The molecule has 4 rings (SSSR count). The van der Waals surface area contributed by atoms with Crippen LogP contribution in [0.1, 0.15) is 108 Å². The lowest BCUT2D eigenvalue weighted by atomic mass is 9.75. The zero-order chi connectivity index (χ0) is 49.7. The first kappa shape index (κ1) is 56.5. The van der Waals surface area contributed by atoms with Crippen molar-refractivity contribution in [2.24, 2.45) is 17.8 Å². The number of cyclic esters (lactones) is 1. The number of carbonyl (C=O) groups excluding carboxylic acids is 1. The lowest BCUT2D eigenvalue weighted by Crippen LogP contribution is -2.70. The number of nitrogens with one attached hydrogen (secondary N) is 3. The number of aliphatic hydroxyl groups is 4. The molecule has 3 saturated heterocycles. The first-order valence-electron chi connectivity index (χ1n) is 23.6. The molecule has 1 aromatic rings. The highest BCUT2D eigenvalue weighted by molar-refractivity contribution is 7.90. The van der Waals surface area contributed by atoms with Gasteiger partial charge < -0.3 is 69.5 Å². The van der Waals surface area contributed by atoms with Crippen LogP contribution < -0.4 is 20.7 Å². The molecule has 17 nitrogen and oxygen atoms in total. The van der Waals surface area contributed by atoms with Crippen molar-refractivity contribution in [1.82, 2.24) is 16.0 Å². The van der Waals surface area contributed by atoms with E-state index in [0.717, 1.165) is 24.8 Å². The summed E-state index contributed by atoms with van der Waals surface area (Å²) < 4.78 is 85.3. The van der Waals surface area contributed by atoms with Crippen LogP contribution in [-0.2, 0) is 43.1 Å². The molecule has 382 valence electrons. The van der Waals surface area contributed by atoms with E-state index in [1.54, 1.807) is 55.5 Å². The van der Waals surface area contributed by atoms with Crippen LogP contribution in [0.2, 0.25) is 0 Å². The molecule has 0 amide bonds. The summed E-state index contributed by atoms with van der Waals surface area (Å²) in [6, 6.07) is 2.34. The monoisotopic (exact) mass is 964 g/mol. The van der Waals surface area contributed by atoms with Crippen LogP contribution in [0.15, 0.2) is 23.1 Å². The molecule has 0 bridgehead atoms. The van der Waals surface area contributed by atoms with Crippen molar-refractivity contribution in [2.45, 2.75) is 203 Å². The number of halogens is 1. The number of methoxy groups -OCH3 is 1. The van der Waals surface area contributed by atoms with Crippen molar-refractivity contribution < 1.29 is 71.2 Å². The summed E-state index contributed by atoms with van der Waals surface area (Å²) in [6.45, 7) is 20.3. The van der Waals surface area contributed by atoms with E-state index in [2.05, 4.69) is 16.0 Å². The van der Waals surface area contributed by atoms with Gasteiger partial charge >= 0.3 is 5.97 Å². The van der Waals surface area contributed by atoms with Crippen LogP contribution in [-0.4, -0.2) is 165 Å². The lowest BCUT2D eigenvalue weighted by Gasteiger charge is -2.53. The fourth-order valence-electron chi connectivity index (χ4n) is 10.1. The number of benzene rings is 1. The molecule has 0 aliphatic carbocycles. The van der Waals surface area contributed by atoms with Gasteiger partial charge in [-0.3, -0.25) is 4.79 Å².